The fraction of sp³-hybridized carbons (Fsp3) is 0.562. The van der Waals surface area contributed by atoms with Gasteiger partial charge in [0, 0.05) is 13.2 Å². The van der Waals surface area contributed by atoms with Gasteiger partial charge in [0.1, 0.15) is 0 Å². The Hall–Kier alpha value is -1.00. The molecule has 1 amide bonds. The Morgan fingerprint density at radius 3 is 2.65 bits per heavy atom. The van der Waals surface area contributed by atoms with Crippen molar-refractivity contribution in [3.8, 4) is 0 Å². The predicted molar refractivity (Wildman–Crippen MR) is 86.0 cm³/mol. The molecule has 3 nitrogen and oxygen atoms in total. The Labute approximate surface area is 126 Å². The number of nitrogens with one attached hydrogen (secondary N) is 1. The summed E-state index contributed by atoms with van der Waals surface area (Å²) >= 11 is 1.66. The maximum atomic E-state index is 11.7. The number of carbonyl (C=O) groups is 1. The predicted octanol–water partition coefficient (Wildman–Crippen LogP) is 2.49. The molecule has 0 heterocycles. The lowest BCUT2D eigenvalue weighted by molar-refractivity contribution is -0.119. The molecule has 0 fully saturated rings. The largest absolute Gasteiger partial charge is 0.396 e. The van der Waals surface area contributed by atoms with E-state index in [1.165, 1.54) is 5.56 Å². The quantitative estimate of drug-likeness (QED) is 0.688. The molecule has 0 bridgehead atoms. The highest BCUT2D eigenvalue weighted by atomic mass is 32.2. The third-order valence-electron chi connectivity index (χ3n) is 3.16. The van der Waals surface area contributed by atoms with Crippen molar-refractivity contribution in [2.75, 3.05) is 24.7 Å². The smallest absolute Gasteiger partial charge is 0.230 e. The molecule has 0 aliphatic carbocycles. The first-order valence-corrected chi connectivity index (χ1v) is 8.18. The van der Waals surface area contributed by atoms with Crippen LogP contribution in [-0.4, -0.2) is 35.7 Å². The van der Waals surface area contributed by atoms with E-state index in [0.717, 1.165) is 12.2 Å². The first kappa shape index (κ1) is 17.1. The Balaban J connectivity index is 2.11. The number of hydrogen-bond donors (Lipinski definition) is 2. The zero-order valence-corrected chi connectivity index (χ0v) is 13.2. The lowest BCUT2D eigenvalue weighted by Crippen LogP contribution is -2.35. The van der Waals surface area contributed by atoms with Gasteiger partial charge in [-0.05, 0) is 29.6 Å². The summed E-state index contributed by atoms with van der Waals surface area (Å²) in [5, 5.41) is 11.9. The van der Waals surface area contributed by atoms with Crippen LogP contribution in [0.5, 0.6) is 0 Å². The van der Waals surface area contributed by atoms with Crippen LogP contribution in [0.15, 0.2) is 30.3 Å². The maximum absolute atomic E-state index is 11.7. The van der Waals surface area contributed by atoms with Crippen LogP contribution in [0.1, 0.15) is 25.8 Å². The van der Waals surface area contributed by atoms with Gasteiger partial charge in [-0.1, -0.05) is 44.2 Å². The molecule has 20 heavy (non-hydrogen) atoms. The van der Waals surface area contributed by atoms with E-state index in [1.807, 2.05) is 32.0 Å². The van der Waals surface area contributed by atoms with Gasteiger partial charge in [-0.25, -0.2) is 0 Å². The van der Waals surface area contributed by atoms with Gasteiger partial charge in [0.15, 0.2) is 0 Å². The number of amides is 1. The molecule has 0 saturated carbocycles. The standard InChI is InChI=1S/C16H25NO2S/c1-16(2,9-10-18)13-17-15(19)12-20-11-8-14-6-4-3-5-7-14/h3-7,18H,8-13H2,1-2H3,(H,17,19). The molecule has 4 heteroatoms. The van der Waals surface area contributed by atoms with E-state index in [4.69, 9.17) is 5.11 Å². The number of aliphatic hydroxyl groups excluding tert-OH is 1. The summed E-state index contributed by atoms with van der Waals surface area (Å²) in [7, 11) is 0. The van der Waals surface area contributed by atoms with Crippen molar-refractivity contribution in [1.82, 2.24) is 5.32 Å². The van der Waals surface area contributed by atoms with Crippen molar-refractivity contribution >= 4 is 17.7 Å². The highest BCUT2D eigenvalue weighted by Crippen LogP contribution is 2.18. The van der Waals surface area contributed by atoms with Crippen LogP contribution >= 0.6 is 11.8 Å². The maximum Gasteiger partial charge on any atom is 0.230 e. The number of thioether (sulfide) groups is 1. The minimum atomic E-state index is -0.0425. The molecule has 0 unspecified atom stereocenters. The lowest BCUT2D eigenvalue weighted by Gasteiger charge is -2.23. The summed E-state index contributed by atoms with van der Waals surface area (Å²) in [6, 6.07) is 10.3. The van der Waals surface area contributed by atoms with E-state index in [0.29, 0.717) is 18.7 Å². The molecule has 0 saturated heterocycles. The van der Waals surface area contributed by atoms with Crippen molar-refractivity contribution in [3.63, 3.8) is 0 Å². The van der Waals surface area contributed by atoms with E-state index < -0.39 is 0 Å². The van der Waals surface area contributed by atoms with Gasteiger partial charge in [0.25, 0.3) is 0 Å². The van der Waals surface area contributed by atoms with Crippen molar-refractivity contribution in [2.24, 2.45) is 5.41 Å². The first-order chi connectivity index (χ1) is 9.53. The Morgan fingerprint density at radius 1 is 1.30 bits per heavy atom. The van der Waals surface area contributed by atoms with Crippen LogP contribution in [-0.2, 0) is 11.2 Å². The average Bonchev–Trinajstić information content (AvgIpc) is 2.43. The molecule has 1 aromatic carbocycles. The van der Waals surface area contributed by atoms with E-state index in [-0.39, 0.29) is 17.9 Å². The second kappa shape index (κ2) is 9.03. The second-order valence-electron chi connectivity index (χ2n) is 5.70. The molecule has 0 radical (unpaired) electrons. The van der Waals surface area contributed by atoms with Gasteiger partial charge < -0.3 is 10.4 Å². The minimum absolute atomic E-state index is 0.0425. The molecular formula is C16H25NO2S. The number of rotatable bonds is 9. The van der Waals surface area contributed by atoms with E-state index in [9.17, 15) is 4.79 Å². The molecule has 0 atom stereocenters. The van der Waals surface area contributed by atoms with E-state index >= 15 is 0 Å². The van der Waals surface area contributed by atoms with E-state index in [1.54, 1.807) is 11.8 Å². The summed E-state index contributed by atoms with van der Waals surface area (Å²) in [6.45, 7) is 4.87. The zero-order valence-electron chi connectivity index (χ0n) is 12.4. The molecule has 2 N–H and O–H groups in total. The van der Waals surface area contributed by atoms with Gasteiger partial charge in [0.05, 0.1) is 5.75 Å². The van der Waals surface area contributed by atoms with Crippen LogP contribution in [0.3, 0.4) is 0 Å². The fourth-order valence-electron chi connectivity index (χ4n) is 1.78. The van der Waals surface area contributed by atoms with E-state index in [2.05, 4.69) is 17.4 Å². The van der Waals surface area contributed by atoms with Crippen molar-refractivity contribution in [2.45, 2.75) is 26.7 Å². The molecule has 0 aliphatic heterocycles. The Bertz CT molecular complexity index is 393. The van der Waals surface area contributed by atoms with Crippen LogP contribution < -0.4 is 5.32 Å². The van der Waals surface area contributed by atoms with Crippen LogP contribution in [0.2, 0.25) is 0 Å². The molecular weight excluding hydrogens is 270 g/mol. The van der Waals surface area contributed by atoms with Crippen LogP contribution in [0, 0.1) is 5.41 Å². The molecule has 1 aromatic rings. The van der Waals surface area contributed by atoms with Gasteiger partial charge >= 0.3 is 0 Å². The molecule has 112 valence electrons. The monoisotopic (exact) mass is 295 g/mol. The summed E-state index contributed by atoms with van der Waals surface area (Å²) in [4.78, 5) is 11.7. The topological polar surface area (TPSA) is 49.3 Å². The van der Waals surface area contributed by atoms with Gasteiger partial charge in [-0.3, -0.25) is 4.79 Å². The second-order valence-corrected chi connectivity index (χ2v) is 6.81. The van der Waals surface area contributed by atoms with Gasteiger partial charge in [0.2, 0.25) is 5.91 Å². The fourth-order valence-corrected chi connectivity index (χ4v) is 2.59. The molecule has 0 aliphatic rings. The molecule has 0 spiro atoms. The highest BCUT2D eigenvalue weighted by Gasteiger charge is 2.17. The summed E-state index contributed by atoms with van der Waals surface area (Å²) in [5.74, 6) is 1.54. The average molecular weight is 295 g/mol. The van der Waals surface area contributed by atoms with Crippen LogP contribution in [0.25, 0.3) is 0 Å². The minimum Gasteiger partial charge on any atom is -0.396 e. The number of benzene rings is 1. The summed E-state index contributed by atoms with van der Waals surface area (Å²) in [6.07, 6.45) is 1.70. The van der Waals surface area contributed by atoms with Crippen molar-refractivity contribution in [1.29, 1.82) is 0 Å². The first-order valence-electron chi connectivity index (χ1n) is 7.03. The zero-order chi connectivity index (χ0) is 14.8. The van der Waals surface area contributed by atoms with Crippen LogP contribution in [0.4, 0.5) is 0 Å². The summed E-state index contributed by atoms with van der Waals surface area (Å²) in [5.41, 5.74) is 1.27. The van der Waals surface area contributed by atoms with Gasteiger partial charge in [-0.2, -0.15) is 11.8 Å². The molecule has 0 aromatic heterocycles. The number of hydrogen-bond acceptors (Lipinski definition) is 3. The third kappa shape index (κ3) is 7.56. The van der Waals surface area contributed by atoms with Gasteiger partial charge in [-0.15, -0.1) is 0 Å². The third-order valence-corrected chi connectivity index (χ3v) is 4.12. The number of aliphatic hydroxyl groups is 1. The SMILES string of the molecule is CC(C)(CCO)CNC(=O)CSCCc1ccccc1. The number of aryl methyl sites for hydroxylation is 1. The number of carbonyl (C=O) groups excluding carboxylic acids is 1. The normalized spacial score (nSPS) is 11.3. The Kier molecular flexibility index (Phi) is 7.70. The molecule has 1 rings (SSSR count). The van der Waals surface area contributed by atoms with Crippen molar-refractivity contribution < 1.29 is 9.90 Å². The summed E-state index contributed by atoms with van der Waals surface area (Å²) < 4.78 is 0. The Morgan fingerprint density at radius 2 is 2.00 bits per heavy atom. The van der Waals surface area contributed by atoms with Crippen molar-refractivity contribution in [3.05, 3.63) is 35.9 Å². The lowest BCUT2D eigenvalue weighted by atomic mass is 9.90. The highest BCUT2D eigenvalue weighted by molar-refractivity contribution is 7.99.